The number of thioether (sulfide) groups is 1. The molecule has 0 saturated carbocycles. The highest BCUT2D eigenvalue weighted by Gasteiger charge is 2.10. The molecular formula is C17H15N3OS2. The van der Waals surface area contributed by atoms with Gasteiger partial charge in [0.15, 0.2) is 4.34 Å². The first-order chi connectivity index (χ1) is 11.2. The molecule has 4 nitrogen and oxygen atoms in total. The van der Waals surface area contributed by atoms with E-state index in [9.17, 15) is 4.79 Å². The first kappa shape index (κ1) is 15.7. The van der Waals surface area contributed by atoms with E-state index in [1.54, 1.807) is 23.9 Å². The van der Waals surface area contributed by atoms with Crippen LogP contribution in [0.15, 0.2) is 58.9 Å². The summed E-state index contributed by atoms with van der Waals surface area (Å²) in [6, 6.07) is 17.4. The summed E-state index contributed by atoms with van der Waals surface area (Å²) in [7, 11) is 0. The Balaban J connectivity index is 1.60. The average molecular weight is 341 g/mol. The lowest BCUT2D eigenvalue weighted by Crippen LogP contribution is -2.11. The van der Waals surface area contributed by atoms with E-state index < -0.39 is 0 Å². The van der Waals surface area contributed by atoms with Gasteiger partial charge in [0.25, 0.3) is 5.91 Å². The van der Waals surface area contributed by atoms with Gasteiger partial charge in [0.05, 0.1) is 0 Å². The molecule has 0 unspecified atom stereocenters. The maximum absolute atomic E-state index is 12.1. The Kier molecular flexibility index (Phi) is 5.05. The zero-order valence-corrected chi connectivity index (χ0v) is 14.2. The molecule has 0 radical (unpaired) electrons. The zero-order chi connectivity index (χ0) is 16.1. The second kappa shape index (κ2) is 7.39. The standard InChI is InChI=1S/C17H15N3OS2/c1-12-7-5-6-10-14(12)11-22-17-20-19-16(23-17)18-15(21)13-8-3-2-4-9-13/h2-10H,11H2,1H3,(H,18,19,21). The predicted molar refractivity (Wildman–Crippen MR) is 95.0 cm³/mol. The highest BCUT2D eigenvalue weighted by atomic mass is 32.2. The number of carbonyl (C=O) groups is 1. The molecule has 0 bridgehead atoms. The summed E-state index contributed by atoms with van der Waals surface area (Å²) in [5.41, 5.74) is 3.15. The van der Waals surface area contributed by atoms with Crippen LogP contribution in [0.3, 0.4) is 0 Å². The van der Waals surface area contributed by atoms with Gasteiger partial charge in [-0.25, -0.2) is 0 Å². The molecule has 6 heteroatoms. The number of hydrogen-bond acceptors (Lipinski definition) is 5. The van der Waals surface area contributed by atoms with Crippen LogP contribution in [0, 0.1) is 6.92 Å². The number of aryl methyl sites for hydroxylation is 1. The molecule has 0 spiro atoms. The monoisotopic (exact) mass is 341 g/mol. The van der Waals surface area contributed by atoms with E-state index in [1.165, 1.54) is 22.5 Å². The summed E-state index contributed by atoms with van der Waals surface area (Å²) in [6.07, 6.45) is 0. The van der Waals surface area contributed by atoms with Crippen LogP contribution in [0.25, 0.3) is 0 Å². The Morgan fingerprint density at radius 2 is 1.83 bits per heavy atom. The summed E-state index contributed by atoms with van der Waals surface area (Å²) in [5, 5.41) is 11.5. The molecule has 2 aromatic carbocycles. The first-order valence-electron chi connectivity index (χ1n) is 7.09. The van der Waals surface area contributed by atoms with Crippen molar-refractivity contribution in [2.45, 2.75) is 17.0 Å². The summed E-state index contributed by atoms with van der Waals surface area (Å²) < 4.78 is 0.844. The van der Waals surface area contributed by atoms with Crippen molar-refractivity contribution >= 4 is 34.1 Å². The second-order valence-corrected chi connectivity index (χ2v) is 7.11. The first-order valence-corrected chi connectivity index (χ1v) is 8.90. The summed E-state index contributed by atoms with van der Waals surface area (Å²) in [6.45, 7) is 2.10. The number of nitrogens with one attached hydrogen (secondary N) is 1. The molecule has 0 aliphatic carbocycles. The van der Waals surface area contributed by atoms with Crippen LogP contribution in [0.4, 0.5) is 5.13 Å². The van der Waals surface area contributed by atoms with Crippen LogP contribution in [0.2, 0.25) is 0 Å². The van der Waals surface area contributed by atoms with E-state index >= 15 is 0 Å². The molecule has 1 aromatic heterocycles. The Morgan fingerprint density at radius 3 is 2.61 bits per heavy atom. The van der Waals surface area contributed by atoms with Crippen molar-refractivity contribution in [1.82, 2.24) is 10.2 Å². The number of rotatable bonds is 5. The van der Waals surface area contributed by atoms with E-state index in [0.29, 0.717) is 10.7 Å². The van der Waals surface area contributed by atoms with Gasteiger partial charge in [-0.2, -0.15) is 0 Å². The SMILES string of the molecule is Cc1ccccc1CSc1nnc(NC(=O)c2ccccc2)s1. The number of anilines is 1. The van der Waals surface area contributed by atoms with Gasteiger partial charge < -0.3 is 0 Å². The fraction of sp³-hybridized carbons (Fsp3) is 0.118. The van der Waals surface area contributed by atoms with E-state index in [2.05, 4.69) is 34.6 Å². The molecule has 0 aliphatic rings. The number of nitrogens with zero attached hydrogens (tertiary/aromatic N) is 2. The van der Waals surface area contributed by atoms with Crippen LogP contribution in [-0.2, 0) is 5.75 Å². The molecule has 23 heavy (non-hydrogen) atoms. The average Bonchev–Trinajstić information content (AvgIpc) is 3.02. The lowest BCUT2D eigenvalue weighted by molar-refractivity contribution is 0.102. The van der Waals surface area contributed by atoms with Gasteiger partial charge in [-0.05, 0) is 30.2 Å². The lowest BCUT2D eigenvalue weighted by Gasteiger charge is -2.02. The van der Waals surface area contributed by atoms with Gasteiger partial charge in [-0.1, -0.05) is 65.6 Å². The Morgan fingerprint density at radius 1 is 1.09 bits per heavy atom. The topological polar surface area (TPSA) is 54.9 Å². The highest BCUT2D eigenvalue weighted by Crippen LogP contribution is 2.29. The van der Waals surface area contributed by atoms with Gasteiger partial charge in [-0.15, -0.1) is 10.2 Å². The third-order valence-electron chi connectivity index (χ3n) is 3.28. The molecule has 3 rings (SSSR count). The molecule has 1 amide bonds. The number of carbonyl (C=O) groups excluding carboxylic acids is 1. The summed E-state index contributed by atoms with van der Waals surface area (Å²) in [5.74, 6) is 0.672. The number of benzene rings is 2. The number of hydrogen-bond donors (Lipinski definition) is 1. The van der Waals surface area contributed by atoms with Crippen molar-refractivity contribution < 1.29 is 4.79 Å². The summed E-state index contributed by atoms with van der Waals surface area (Å²) in [4.78, 5) is 12.1. The smallest absolute Gasteiger partial charge is 0.257 e. The minimum atomic E-state index is -0.169. The largest absolute Gasteiger partial charge is 0.296 e. The predicted octanol–water partition coefficient (Wildman–Crippen LogP) is 4.39. The van der Waals surface area contributed by atoms with Gasteiger partial charge in [0.2, 0.25) is 5.13 Å². The maximum atomic E-state index is 12.1. The van der Waals surface area contributed by atoms with Crippen molar-refractivity contribution in [2.24, 2.45) is 0 Å². The van der Waals surface area contributed by atoms with Crippen molar-refractivity contribution in [1.29, 1.82) is 0 Å². The van der Waals surface area contributed by atoms with E-state index in [-0.39, 0.29) is 5.91 Å². The van der Waals surface area contributed by atoms with Crippen molar-refractivity contribution in [3.8, 4) is 0 Å². The number of aromatic nitrogens is 2. The van der Waals surface area contributed by atoms with E-state index in [1.807, 2.05) is 30.3 Å². The molecular weight excluding hydrogens is 326 g/mol. The van der Waals surface area contributed by atoms with Gasteiger partial charge in [0, 0.05) is 11.3 Å². The van der Waals surface area contributed by atoms with Crippen molar-refractivity contribution in [3.05, 3.63) is 71.3 Å². The Bertz CT molecular complexity index is 802. The van der Waals surface area contributed by atoms with E-state index in [0.717, 1.165) is 10.1 Å². The molecule has 3 aromatic rings. The normalized spacial score (nSPS) is 10.5. The fourth-order valence-corrected chi connectivity index (χ4v) is 3.81. The fourth-order valence-electron chi connectivity index (χ4n) is 1.99. The van der Waals surface area contributed by atoms with E-state index in [4.69, 9.17) is 0 Å². The Hall–Kier alpha value is -2.18. The van der Waals surface area contributed by atoms with Crippen molar-refractivity contribution in [3.63, 3.8) is 0 Å². The zero-order valence-electron chi connectivity index (χ0n) is 12.5. The molecule has 1 N–H and O–H groups in total. The third-order valence-corrected chi connectivity index (χ3v) is 5.30. The van der Waals surface area contributed by atoms with Gasteiger partial charge >= 0.3 is 0 Å². The minimum Gasteiger partial charge on any atom is -0.296 e. The number of amides is 1. The third kappa shape index (κ3) is 4.18. The van der Waals surface area contributed by atoms with Crippen LogP contribution >= 0.6 is 23.1 Å². The van der Waals surface area contributed by atoms with Crippen molar-refractivity contribution in [2.75, 3.05) is 5.32 Å². The molecule has 0 aliphatic heterocycles. The summed E-state index contributed by atoms with van der Waals surface area (Å²) >= 11 is 3.01. The highest BCUT2D eigenvalue weighted by molar-refractivity contribution is 8.00. The lowest BCUT2D eigenvalue weighted by atomic mass is 10.1. The Labute approximate surface area is 143 Å². The van der Waals surface area contributed by atoms with Gasteiger partial charge in [-0.3, -0.25) is 10.1 Å². The molecule has 1 heterocycles. The molecule has 0 saturated heterocycles. The molecule has 0 atom stereocenters. The molecule has 116 valence electrons. The second-order valence-electron chi connectivity index (χ2n) is 4.91. The van der Waals surface area contributed by atoms with Crippen LogP contribution < -0.4 is 5.32 Å². The van der Waals surface area contributed by atoms with Crippen LogP contribution in [-0.4, -0.2) is 16.1 Å². The maximum Gasteiger partial charge on any atom is 0.257 e. The molecule has 0 fully saturated rings. The minimum absolute atomic E-state index is 0.169. The van der Waals surface area contributed by atoms with Crippen LogP contribution in [0.5, 0.6) is 0 Å². The van der Waals surface area contributed by atoms with Crippen LogP contribution in [0.1, 0.15) is 21.5 Å². The van der Waals surface area contributed by atoms with Gasteiger partial charge in [0.1, 0.15) is 0 Å². The quantitative estimate of drug-likeness (QED) is 0.552.